The van der Waals surface area contributed by atoms with Gasteiger partial charge >= 0.3 is 0 Å². The summed E-state index contributed by atoms with van der Waals surface area (Å²) in [5.41, 5.74) is 1.29. The summed E-state index contributed by atoms with van der Waals surface area (Å²) < 4.78 is 11.5. The molecule has 2 aliphatic heterocycles. The Balaban J connectivity index is 1.53. The number of hydrogen-bond donors (Lipinski definition) is 1. The van der Waals surface area contributed by atoms with Crippen molar-refractivity contribution in [1.29, 1.82) is 0 Å². The van der Waals surface area contributed by atoms with Crippen molar-refractivity contribution in [3.8, 4) is 0 Å². The van der Waals surface area contributed by atoms with Gasteiger partial charge < -0.3 is 14.6 Å². The van der Waals surface area contributed by atoms with Crippen LogP contribution in [0.25, 0.3) is 0 Å². The third-order valence-electron chi connectivity index (χ3n) is 5.05. The van der Waals surface area contributed by atoms with E-state index in [1.165, 1.54) is 5.56 Å². The molecule has 3 rings (SSSR count). The summed E-state index contributed by atoms with van der Waals surface area (Å²) in [6.07, 6.45) is 5.53. The van der Waals surface area contributed by atoms with Crippen LogP contribution in [0.15, 0.2) is 30.3 Å². The van der Waals surface area contributed by atoms with Crippen molar-refractivity contribution in [2.45, 2.75) is 50.2 Å². The molecule has 0 saturated carbocycles. The molecule has 2 atom stereocenters. The van der Waals surface area contributed by atoms with Gasteiger partial charge in [0.05, 0.1) is 11.7 Å². The van der Waals surface area contributed by atoms with E-state index in [0.29, 0.717) is 5.92 Å². The number of rotatable bonds is 4. The second kappa shape index (κ2) is 6.91. The molecular formula is C18H26O3. The van der Waals surface area contributed by atoms with Crippen molar-refractivity contribution in [3.63, 3.8) is 0 Å². The number of aliphatic hydroxyl groups excluding tert-OH is 1. The molecule has 2 fully saturated rings. The summed E-state index contributed by atoms with van der Waals surface area (Å²) >= 11 is 0. The van der Waals surface area contributed by atoms with Gasteiger partial charge in [0, 0.05) is 19.8 Å². The van der Waals surface area contributed by atoms with Gasteiger partial charge in [0.25, 0.3) is 0 Å². The quantitative estimate of drug-likeness (QED) is 0.926. The minimum Gasteiger partial charge on any atom is -0.393 e. The normalized spacial score (nSPS) is 26.6. The van der Waals surface area contributed by atoms with Crippen LogP contribution in [0.4, 0.5) is 0 Å². The Labute approximate surface area is 127 Å². The molecule has 2 heterocycles. The fourth-order valence-corrected chi connectivity index (χ4v) is 3.68. The lowest BCUT2D eigenvalue weighted by Crippen LogP contribution is -2.46. The Morgan fingerprint density at radius 1 is 1.14 bits per heavy atom. The Morgan fingerprint density at radius 2 is 1.90 bits per heavy atom. The van der Waals surface area contributed by atoms with Crippen LogP contribution >= 0.6 is 0 Å². The van der Waals surface area contributed by atoms with Crippen LogP contribution in [-0.2, 0) is 15.9 Å². The van der Waals surface area contributed by atoms with Crippen LogP contribution in [-0.4, -0.2) is 36.6 Å². The lowest BCUT2D eigenvalue weighted by molar-refractivity contribution is -0.158. The third kappa shape index (κ3) is 3.85. The molecule has 1 aromatic rings. The Hall–Kier alpha value is -0.900. The van der Waals surface area contributed by atoms with Crippen LogP contribution in [0.1, 0.15) is 37.7 Å². The summed E-state index contributed by atoms with van der Waals surface area (Å²) in [7, 11) is 0. The number of benzene rings is 1. The maximum absolute atomic E-state index is 10.6. The first-order valence-corrected chi connectivity index (χ1v) is 8.21. The van der Waals surface area contributed by atoms with Gasteiger partial charge in [-0.1, -0.05) is 30.3 Å². The van der Waals surface area contributed by atoms with Crippen LogP contribution in [0.5, 0.6) is 0 Å². The van der Waals surface area contributed by atoms with Crippen molar-refractivity contribution in [1.82, 2.24) is 0 Å². The molecule has 1 aromatic carbocycles. The van der Waals surface area contributed by atoms with E-state index in [2.05, 4.69) is 24.3 Å². The topological polar surface area (TPSA) is 38.7 Å². The lowest BCUT2D eigenvalue weighted by Gasteiger charge is -2.44. The van der Waals surface area contributed by atoms with Gasteiger partial charge in [0.15, 0.2) is 0 Å². The maximum atomic E-state index is 10.6. The van der Waals surface area contributed by atoms with Crippen molar-refractivity contribution < 1.29 is 14.6 Å². The first kappa shape index (κ1) is 15.0. The highest BCUT2D eigenvalue weighted by Crippen LogP contribution is 2.38. The molecule has 0 amide bonds. The van der Waals surface area contributed by atoms with E-state index in [1.807, 2.05) is 6.07 Å². The average Bonchev–Trinajstić information content (AvgIpc) is 2.54. The molecule has 2 aliphatic rings. The van der Waals surface area contributed by atoms with Crippen molar-refractivity contribution in [3.05, 3.63) is 35.9 Å². The van der Waals surface area contributed by atoms with Gasteiger partial charge in [-0.15, -0.1) is 0 Å². The highest BCUT2D eigenvalue weighted by atomic mass is 16.5. The second-order valence-corrected chi connectivity index (χ2v) is 6.49. The molecule has 21 heavy (non-hydrogen) atoms. The number of hydrogen-bond acceptors (Lipinski definition) is 3. The molecule has 0 radical (unpaired) electrons. The van der Waals surface area contributed by atoms with Crippen molar-refractivity contribution in [2.24, 2.45) is 5.92 Å². The molecule has 1 spiro atoms. The van der Waals surface area contributed by atoms with Gasteiger partial charge in [-0.2, -0.15) is 0 Å². The number of ether oxygens (including phenoxy) is 2. The first-order chi connectivity index (χ1) is 10.3. The SMILES string of the molecule is OC(CCc1ccccc1)C1CCOC2(CCOCC2)C1. The van der Waals surface area contributed by atoms with Crippen LogP contribution < -0.4 is 0 Å². The van der Waals surface area contributed by atoms with E-state index < -0.39 is 0 Å². The van der Waals surface area contributed by atoms with E-state index in [1.54, 1.807) is 0 Å². The maximum Gasteiger partial charge on any atom is 0.0730 e. The molecule has 2 saturated heterocycles. The Morgan fingerprint density at radius 3 is 2.67 bits per heavy atom. The number of aryl methyl sites for hydroxylation is 1. The molecule has 116 valence electrons. The van der Waals surface area contributed by atoms with Crippen LogP contribution in [0.2, 0.25) is 0 Å². The zero-order valence-corrected chi connectivity index (χ0v) is 12.7. The number of aliphatic hydroxyl groups is 1. The van der Waals surface area contributed by atoms with Gasteiger partial charge in [0.2, 0.25) is 0 Å². The molecule has 2 unspecified atom stereocenters. The lowest BCUT2D eigenvalue weighted by atomic mass is 9.77. The summed E-state index contributed by atoms with van der Waals surface area (Å²) in [4.78, 5) is 0. The first-order valence-electron chi connectivity index (χ1n) is 8.21. The van der Waals surface area contributed by atoms with Gasteiger partial charge in [-0.05, 0) is 50.0 Å². The van der Waals surface area contributed by atoms with E-state index in [-0.39, 0.29) is 11.7 Å². The monoisotopic (exact) mass is 290 g/mol. The van der Waals surface area contributed by atoms with Gasteiger partial charge in [0.1, 0.15) is 0 Å². The highest BCUT2D eigenvalue weighted by molar-refractivity contribution is 5.14. The van der Waals surface area contributed by atoms with Crippen LogP contribution in [0, 0.1) is 5.92 Å². The van der Waals surface area contributed by atoms with E-state index in [9.17, 15) is 5.11 Å². The third-order valence-corrected chi connectivity index (χ3v) is 5.05. The van der Waals surface area contributed by atoms with E-state index in [0.717, 1.165) is 58.3 Å². The predicted octanol–water partition coefficient (Wildman–Crippen LogP) is 2.96. The fraction of sp³-hybridized carbons (Fsp3) is 0.667. The molecule has 3 heteroatoms. The van der Waals surface area contributed by atoms with Gasteiger partial charge in [-0.3, -0.25) is 0 Å². The Bertz CT molecular complexity index is 420. The van der Waals surface area contributed by atoms with Crippen molar-refractivity contribution in [2.75, 3.05) is 19.8 Å². The van der Waals surface area contributed by atoms with E-state index >= 15 is 0 Å². The van der Waals surface area contributed by atoms with Crippen molar-refractivity contribution >= 4 is 0 Å². The minimum absolute atomic E-state index is 0.0190. The molecule has 3 nitrogen and oxygen atoms in total. The summed E-state index contributed by atoms with van der Waals surface area (Å²) in [6, 6.07) is 10.4. The van der Waals surface area contributed by atoms with E-state index in [4.69, 9.17) is 9.47 Å². The average molecular weight is 290 g/mol. The minimum atomic E-state index is -0.214. The summed E-state index contributed by atoms with van der Waals surface area (Å²) in [5, 5.41) is 10.6. The largest absolute Gasteiger partial charge is 0.393 e. The second-order valence-electron chi connectivity index (χ2n) is 6.49. The molecule has 0 aliphatic carbocycles. The smallest absolute Gasteiger partial charge is 0.0730 e. The molecule has 0 bridgehead atoms. The van der Waals surface area contributed by atoms with Gasteiger partial charge in [-0.25, -0.2) is 0 Å². The van der Waals surface area contributed by atoms with Crippen LogP contribution in [0.3, 0.4) is 0 Å². The fourth-order valence-electron chi connectivity index (χ4n) is 3.68. The predicted molar refractivity (Wildman–Crippen MR) is 82.2 cm³/mol. The highest BCUT2D eigenvalue weighted by Gasteiger charge is 2.40. The zero-order valence-electron chi connectivity index (χ0n) is 12.7. The molecule has 1 N–H and O–H groups in total. The standard InChI is InChI=1S/C18H26O3/c19-17(7-6-15-4-2-1-3-5-15)16-8-11-21-18(14-16)9-12-20-13-10-18/h1-5,16-17,19H,6-14H2. The summed E-state index contributed by atoms with van der Waals surface area (Å²) in [6.45, 7) is 2.38. The zero-order chi connectivity index (χ0) is 14.5. The molecule has 0 aromatic heterocycles. The summed E-state index contributed by atoms with van der Waals surface area (Å²) in [5.74, 6) is 0.376. The Kier molecular flexibility index (Phi) is 4.94. The molecular weight excluding hydrogens is 264 g/mol.